The summed E-state index contributed by atoms with van der Waals surface area (Å²) in [5, 5.41) is 28.6. The second kappa shape index (κ2) is 6.87. The highest BCUT2D eigenvalue weighted by atomic mass is 16.5. The van der Waals surface area contributed by atoms with Gasteiger partial charge in [0.2, 0.25) is 0 Å². The average molecular weight is 314 g/mol. The van der Waals surface area contributed by atoms with Crippen molar-refractivity contribution in [2.45, 2.75) is 13.8 Å². The Kier molecular flexibility index (Phi) is 4.91. The van der Waals surface area contributed by atoms with Gasteiger partial charge in [-0.25, -0.2) is 4.79 Å². The molecule has 0 saturated heterocycles. The number of aliphatic carboxylic acids is 1. The highest BCUT2D eigenvalue weighted by molar-refractivity contribution is 6.20. The minimum absolute atomic E-state index is 0.0390. The van der Waals surface area contributed by atoms with E-state index in [-0.39, 0.29) is 17.1 Å². The molecule has 0 amide bonds. The molecule has 0 unspecified atom stereocenters. The summed E-state index contributed by atoms with van der Waals surface area (Å²) in [6, 6.07) is 9.11. The van der Waals surface area contributed by atoms with Gasteiger partial charge >= 0.3 is 5.97 Å². The first kappa shape index (κ1) is 16.4. The molecule has 2 aromatic rings. The lowest BCUT2D eigenvalue weighted by Crippen LogP contribution is -2.01. The molecular weight excluding hydrogens is 296 g/mol. The standard InChI is InChI=1S/C18H18O5/c1-3-23-17-7-5-12(8-11(17)2)15(18(21)22)9-13-4-6-14(19)10-16(13)20/h4-10,19-20H,3H2,1-2H3,(H,21,22)/b15-9-. The Morgan fingerprint density at radius 3 is 2.48 bits per heavy atom. The van der Waals surface area contributed by atoms with Gasteiger partial charge in [-0.1, -0.05) is 6.07 Å². The minimum Gasteiger partial charge on any atom is -0.508 e. The summed E-state index contributed by atoms with van der Waals surface area (Å²) in [4.78, 5) is 11.6. The Labute approximate surface area is 134 Å². The van der Waals surface area contributed by atoms with Gasteiger partial charge in [0.1, 0.15) is 17.2 Å². The summed E-state index contributed by atoms with van der Waals surface area (Å²) in [6.07, 6.45) is 1.37. The Hall–Kier alpha value is -2.95. The molecule has 0 aliphatic heterocycles. The van der Waals surface area contributed by atoms with Crippen LogP contribution in [0.1, 0.15) is 23.6 Å². The summed E-state index contributed by atoms with van der Waals surface area (Å²) in [6.45, 7) is 4.25. The number of rotatable bonds is 5. The number of hydrogen-bond donors (Lipinski definition) is 3. The third-order valence-corrected chi connectivity index (χ3v) is 3.33. The van der Waals surface area contributed by atoms with Crippen molar-refractivity contribution in [1.29, 1.82) is 0 Å². The van der Waals surface area contributed by atoms with Gasteiger partial charge in [0.25, 0.3) is 0 Å². The lowest BCUT2D eigenvalue weighted by Gasteiger charge is -2.10. The summed E-state index contributed by atoms with van der Waals surface area (Å²) in [7, 11) is 0. The number of phenolic OH excluding ortho intramolecular Hbond substituents is 2. The van der Waals surface area contributed by atoms with Gasteiger partial charge in [0, 0.05) is 11.6 Å². The molecule has 5 nitrogen and oxygen atoms in total. The molecule has 5 heteroatoms. The van der Waals surface area contributed by atoms with Crippen LogP contribution in [0.25, 0.3) is 11.6 Å². The van der Waals surface area contributed by atoms with Crippen LogP contribution in [-0.2, 0) is 4.79 Å². The minimum atomic E-state index is -1.11. The molecule has 0 aliphatic rings. The number of aromatic hydroxyl groups is 2. The number of ether oxygens (including phenoxy) is 1. The monoisotopic (exact) mass is 314 g/mol. The number of carboxylic acids is 1. The van der Waals surface area contributed by atoms with Crippen molar-refractivity contribution >= 4 is 17.6 Å². The second-order valence-corrected chi connectivity index (χ2v) is 5.02. The van der Waals surface area contributed by atoms with Gasteiger partial charge in [-0.05, 0) is 55.3 Å². The van der Waals surface area contributed by atoms with E-state index in [9.17, 15) is 20.1 Å². The molecule has 0 aliphatic carbocycles. The fraction of sp³-hybridized carbons (Fsp3) is 0.167. The van der Waals surface area contributed by atoms with E-state index in [1.165, 1.54) is 18.2 Å². The molecule has 3 N–H and O–H groups in total. The maximum atomic E-state index is 11.6. The predicted octanol–water partition coefficient (Wildman–Crippen LogP) is 3.43. The molecule has 0 heterocycles. The third kappa shape index (κ3) is 3.83. The van der Waals surface area contributed by atoms with Crippen molar-refractivity contribution in [3.8, 4) is 17.2 Å². The van der Waals surface area contributed by atoms with Gasteiger partial charge in [-0.15, -0.1) is 0 Å². The molecule has 0 atom stereocenters. The maximum Gasteiger partial charge on any atom is 0.336 e. The Balaban J connectivity index is 2.48. The van der Waals surface area contributed by atoms with Crippen LogP contribution in [0, 0.1) is 6.92 Å². The molecule has 0 fully saturated rings. The number of aryl methyl sites for hydroxylation is 1. The Morgan fingerprint density at radius 2 is 1.91 bits per heavy atom. The first-order valence-corrected chi connectivity index (χ1v) is 7.13. The first-order valence-electron chi connectivity index (χ1n) is 7.13. The van der Waals surface area contributed by atoms with E-state index >= 15 is 0 Å². The third-order valence-electron chi connectivity index (χ3n) is 3.33. The van der Waals surface area contributed by atoms with Crippen molar-refractivity contribution in [2.24, 2.45) is 0 Å². The number of carbonyl (C=O) groups is 1. The van der Waals surface area contributed by atoms with Crippen molar-refractivity contribution in [3.05, 3.63) is 53.1 Å². The van der Waals surface area contributed by atoms with Crippen LogP contribution in [0.15, 0.2) is 36.4 Å². The summed E-state index contributed by atoms with van der Waals surface area (Å²) in [5.74, 6) is -0.686. The molecule has 2 aromatic carbocycles. The molecule has 23 heavy (non-hydrogen) atoms. The number of benzene rings is 2. The fourth-order valence-corrected chi connectivity index (χ4v) is 2.21. The molecule has 0 spiro atoms. The van der Waals surface area contributed by atoms with Crippen LogP contribution in [0.2, 0.25) is 0 Å². The van der Waals surface area contributed by atoms with Crippen molar-refractivity contribution in [1.82, 2.24) is 0 Å². The SMILES string of the molecule is CCOc1ccc(/C(=C/c2ccc(O)cc2O)C(=O)O)cc1C. The number of carboxylic acid groups (broad SMARTS) is 1. The van der Waals surface area contributed by atoms with Crippen molar-refractivity contribution in [3.63, 3.8) is 0 Å². The molecular formula is C18H18O5. The van der Waals surface area contributed by atoms with Crippen molar-refractivity contribution < 1.29 is 24.9 Å². The zero-order valence-corrected chi connectivity index (χ0v) is 12.9. The van der Waals surface area contributed by atoms with Gasteiger partial charge in [0.05, 0.1) is 12.2 Å². The molecule has 0 aromatic heterocycles. The summed E-state index contributed by atoms with van der Waals surface area (Å²) >= 11 is 0. The highest BCUT2D eigenvalue weighted by Crippen LogP contribution is 2.29. The van der Waals surface area contributed by atoms with E-state index in [0.29, 0.717) is 23.5 Å². The lowest BCUT2D eigenvalue weighted by atomic mass is 10.00. The molecule has 0 radical (unpaired) electrons. The van der Waals surface area contributed by atoms with Crippen molar-refractivity contribution in [2.75, 3.05) is 6.61 Å². The van der Waals surface area contributed by atoms with Crippen LogP contribution in [0.3, 0.4) is 0 Å². The van der Waals surface area contributed by atoms with Crippen LogP contribution < -0.4 is 4.74 Å². The van der Waals surface area contributed by atoms with Crippen LogP contribution in [-0.4, -0.2) is 27.9 Å². The van der Waals surface area contributed by atoms with E-state index in [1.54, 1.807) is 18.2 Å². The highest BCUT2D eigenvalue weighted by Gasteiger charge is 2.13. The quantitative estimate of drug-likeness (QED) is 0.581. The Bertz CT molecular complexity index is 762. The van der Waals surface area contributed by atoms with Crippen LogP contribution in [0.5, 0.6) is 17.2 Å². The number of hydrogen-bond acceptors (Lipinski definition) is 4. The van der Waals surface area contributed by atoms with Crippen LogP contribution in [0.4, 0.5) is 0 Å². The smallest absolute Gasteiger partial charge is 0.336 e. The second-order valence-electron chi connectivity index (χ2n) is 5.02. The lowest BCUT2D eigenvalue weighted by molar-refractivity contribution is -0.130. The van der Waals surface area contributed by atoms with Crippen LogP contribution >= 0.6 is 0 Å². The normalized spacial score (nSPS) is 11.3. The molecule has 0 saturated carbocycles. The van der Waals surface area contributed by atoms with E-state index in [2.05, 4.69) is 0 Å². The maximum absolute atomic E-state index is 11.6. The zero-order chi connectivity index (χ0) is 17.0. The van der Waals surface area contributed by atoms with Gasteiger partial charge < -0.3 is 20.1 Å². The van der Waals surface area contributed by atoms with Gasteiger partial charge in [0.15, 0.2) is 0 Å². The van der Waals surface area contributed by atoms with Gasteiger partial charge in [-0.3, -0.25) is 0 Å². The molecule has 120 valence electrons. The summed E-state index contributed by atoms with van der Waals surface area (Å²) in [5.41, 5.74) is 1.68. The largest absolute Gasteiger partial charge is 0.508 e. The summed E-state index contributed by atoms with van der Waals surface area (Å²) < 4.78 is 5.45. The Morgan fingerprint density at radius 1 is 1.17 bits per heavy atom. The average Bonchev–Trinajstić information content (AvgIpc) is 2.48. The first-order chi connectivity index (χ1) is 10.9. The van der Waals surface area contributed by atoms with E-state index in [4.69, 9.17) is 4.74 Å². The van der Waals surface area contributed by atoms with E-state index < -0.39 is 5.97 Å². The number of phenols is 2. The zero-order valence-electron chi connectivity index (χ0n) is 12.9. The van der Waals surface area contributed by atoms with E-state index in [1.807, 2.05) is 13.8 Å². The molecule has 2 rings (SSSR count). The fourth-order valence-electron chi connectivity index (χ4n) is 2.21. The topological polar surface area (TPSA) is 87.0 Å². The predicted molar refractivity (Wildman–Crippen MR) is 87.6 cm³/mol. The van der Waals surface area contributed by atoms with E-state index in [0.717, 1.165) is 11.6 Å². The molecule has 0 bridgehead atoms. The van der Waals surface area contributed by atoms with Gasteiger partial charge in [-0.2, -0.15) is 0 Å².